The van der Waals surface area contributed by atoms with Crippen molar-refractivity contribution in [3.8, 4) is 0 Å². The van der Waals surface area contributed by atoms with Gasteiger partial charge in [-0.25, -0.2) is 4.79 Å². The number of rotatable bonds is 7. The third-order valence-electron chi connectivity index (χ3n) is 3.72. The van der Waals surface area contributed by atoms with Crippen LogP contribution in [0.25, 0.3) is 0 Å². The van der Waals surface area contributed by atoms with E-state index in [0.29, 0.717) is 12.3 Å². The third kappa shape index (κ3) is 5.91. The van der Waals surface area contributed by atoms with Gasteiger partial charge in [0.25, 0.3) is 0 Å². The lowest BCUT2D eigenvalue weighted by Gasteiger charge is -2.30. The van der Waals surface area contributed by atoms with Crippen molar-refractivity contribution in [2.24, 2.45) is 5.92 Å². The van der Waals surface area contributed by atoms with Crippen molar-refractivity contribution in [1.82, 2.24) is 10.6 Å². The summed E-state index contributed by atoms with van der Waals surface area (Å²) in [5.41, 5.74) is -0.325. The number of carbonyl (C=O) groups excluding carboxylic acids is 1. The molecule has 0 heterocycles. The van der Waals surface area contributed by atoms with Gasteiger partial charge < -0.3 is 15.7 Å². The van der Waals surface area contributed by atoms with Crippen LogP contribution in [-0.2, 0) is 0 Å². The van der Waals surface area contributed by atoms with Crippen molar-refractivity contribution < 1.29 is 9.90 Å². The maximum absolute atomic E-state index is 11.8. The molecule has 2 amide bonds. The van der Waals surface area contributed by atoms with Gasteiger partial charge in [0.1, 0.15) is 0 Å². The first-order chi connectivity index (χ1) is 7.88. The molecule has 0 saturated carbocycles. The van der Waals surface area contributed by atoms with Crippen LogP contribution in [-0.4, -0.2) is 29.3 Å². The second-order valence-corrected chi connectivity index (χ2v) is 5.16. The number of carbonyl (C=O) groups is 1. The zero-order valence-electron chi connectivity index (χ0n) is 11.8. The Balaban J connectivity index is 4.24. The summed E-state index contributed by atoms with van der Waals surface area (Å²) in [7, 11) is 0. The largest absolute Gasteiger partial charge is 0.396 e. The van der Waals surface area contributed by atoms with Gasteiger partial charge in [-0.15, -0.1) is 0 Å². The van der Waals surface area contributed by atoms with Gasteiger partial charge in [-0.3, -0.25) is 0 Å². The summed E-state index contributed by atoms with van der Waals surface area (Å²) in [6.07, 6.45) is 2.43. The highest BCUT2D eigenvalue weighted by atomic mass is 16.3. The molecule has 0 bridgehead atoms. The highest BCUT2D eigenvalue weighted by Gasteiger charge is 2.24. The Morgan fingerprint density at radius 1 is 1.35 bits per heavy atom. The van der Waals surface area contributed by atoms with Crippen molar-refractivity contribution in [3.63, 3.8) is 0 Å². The maximum atomic E-state index is 11.8. The average molecular weight is 244 g/mol. The van der Waals surface area contributed by atoms with Gasteiger partial charge in [0, 0.05) is 18.2 Å². The van der Waals surface area contributed by atoms with Crippen molar-refractivity contribution in [3.05, 3.63) is 0 Å². The van der Waals surface area contributed by atoms with Crippen molar-refractivity contribution in [2.75, 3.05) is 6.61 Å². The number of amides is 2. The highest BCUT2D eigenvalue weighted by Crippen LogP contribution is 2.14. The van der Waals surface area contributed by atoms with Crippen LogP contribution in [0.15, 0.2) is 0 Å². The number of aliphatic hydroxyl groups is 1. The van der Waals surface area contributed by atoms with Crippen LogP contribution in [0.2, 0.25) is 0 Å². The molecule has 0 aromatic heterocycles. The molecule has 0 aromatic rings. The third-order valence-corrected chi connectivity index (χ3v) is 3.72. The van der Waals surface area contributed by atoms with E-state index in [0.717, 1.165) is 12.8 Å². The van der Waals surface area contributed by atoms with Crippen LogP contribution in [0.1, 0.15) is 53.9 Å². The first kappa shape index (κ1) is 16.2. The van der Waals surface area contributed by atoms with E-state index in [1.165, 1.54) is 0 Å². The molecule has 0 spiro atoms. The number of nitrogens with one attached hydrogen (secondary N) is 2. The number of hydrogen-bond acceptors (Lipinski definition) is 2. The van der Waals surface area contributed by atoms with E-state index in [2.05, 4.69) is 24.5 Å². The van der Waals surface area contributed by atoms with Gasteiger partial charge in [0.2, 0.25) is 0 Å². The van der Waals surface area contributed by atoms with Crippen LogP contribution in [0.4, 0.5) is 4.79 Å². The number of aliphatic hydroxyl groups excluding tert-OH is 1. The Bertz CT molecular complexity index is 233. The molecule has 4 nitrogen and oxygen atoms in total. The zero-order valence-corrected chi connectivity index (χ0v) is 11.8. The average Bonchev–Trinajstić information content (AvgIpc) is 2.27. The van der Waals surface area contributed by atoms with Crippen LogP contribution < -0.4 is 10.6 Å². The monoisotopic (exact) mass is 244 g/mol. The van der Waals surface area contributed by atoms with Gasteiger partial charge >= 0.3 is 6.03 Å². The molecule has 4 heteroatoms. The van der Waals surface area contributed by atoms with Gasteiger partial charge in [-0.05, 0) is 32.6 Å². The first-order valence-electron chi connectivity index (χ1n) is 6.58. The van der Waals surface area contributed by atoms with E-state index in [4.69, 9.17) is 5.11 Å². The lowest BCUT2D eigenvalue weighted by atomic mass is 9.95. The molecule has 3 atom stereocenters. The quantitative estimate of drug-likeness (QED) is 0.643. The van der Waals surface area contributed by atoms with E-state index in [9.17, 15) is 4.79 Å². The molecule has 0 radical (unpaired) electrons. The molecular weight excluding hydrogens is 216 g/mol. The fourth-order valence-corrected chi connectivity index (χ4v) is 1.59. The summed E-state index contributed by atoms with van der Waals surface area (Å²) < 4.78 is 0. The summed E-state index contributed by atoms with van der Waals surface area (Å²) in [6.45, 7) is 10.3. The smallest absolute Gasteiger partial charge is 0.315 e. The zero-order chi connectivity index (χ0) is 13.5. The van der Waals surface area contributed by atoms with Crippen molar-refractivity contribution in [2.45, 2.75) is 65.5 Å². The minimum atomic E-state index is -0.325. The summed E-state index contributed by atoms with van der Waals surface area (Å²) in [6, 6.07) is 0.0193. The Morgan fingerprint density at radius 2 is 1.94 bits per heavy atom. The van der Waals surface area contributed by atoms with Crippen LogP contribution in [0.3, 0.4) is 0 Å². The van der Waals surface area contributed by atoms with Gasteiger partial charge in [0.15, 0.2) is 0 Å². The molecule has 0 aliphatic carbocycles. The summed E-state index contributed by atoms with van der Waals surface area (Å²) >= 11 is 0. The Labute approximate surface area is 105 Å². The Hall–Kier alpha value is -0.770. The van der Waals surface area contributed by atoms with Crippen LogP contribution >= 0.6 is 0 Å². The van der Waals surface area contributed by atoms with Gasteiger partial charge in [0.05, 0.1) is 0 Å². The molecule has 0 fully saturated rings. The fraction of sp³-hybridized carbons (Fsp3) is 0.923. The summed E-state index contributed by atoms with van der Waals surface area (Å²) in [5, 5.41) is 14.9. The second-order valence-electron chi connectivity index (χ2n) is 5.16. The topological polar surface area (TPSA) is 61.4 Å². The first-order valence-corrected chi connectivity index (χ1v) is 6.58. The summed E-state index contributed by atoms with van der Waals surface area (Å²) in [5.74, 6) is 0.464. The lowest BCUT2D eigenvalue weighted by Crippen LogP contribution is -2.53. The molecule has 102 valence electrons. The normalized spacial score (nSPS) is 18.0. The fourth-order valence-electron chi connectivity index (χ4n) is 1.59. The molecular formula is C13H28N2O2. The predicted molar refractivity (Wildman–Crippen MR) is 71.0 cm³/mol. The van der Waals surface area contributed by atoms with E-state index < -0.39 is 0 Å². The molecule has 0 rings (SSSR count). The molecule has 0 aliphatic rings. The molecule has 0 aromatic carbocycles. The van der Waals surface area contributed by atoms with Crippen molar-refractivity contribution >= 4 is 6.03 Å². The minimum absolute atomic E-state index is 0.0888. The molecule has 0 saturated heterocycles. The molecule has 0 aliphatic heterocycles. The van der Waals surface area contributed by atoms with Crippen molar-refractivity contribution in [1.29, 1.82) is 0 Å². The maximum Gasteiger partial charge on any atom is 0.315 e. The Kier molecular flexibility index (Phi) is 7.19. The minimum Gasteiger partial charge on any atom is -0.396 e. The molecule has 3 unspecified atom stereocenters. The van der Waals surface area contributed by atoms with E-state index in [1.54, 1.807) is 0 Å². The summed E-state index contributed by atoms with van der Waals surface area (Å²) in [4.78, 5) is 11.8. The highest BCUT2D eigenvalue weighted by molar-refractivity contribution is 5.75. The van der Waals surface area contributed by atoms with E-state index in [-0.39, 0.29) is 24.2 Å². The molecule has 17 heavy (non-hydrogen) atoms. The predicted octanol–water partition coefficient (Wildman–Crippen LogP) is 2.27. The van der Waals surface area contributed by atoms with Gasteiger partial charge in [-0.1, -0.05) is 27.2 Å². The van der Waals surface area contributed by atoms with E-state index >= 15 is 0 Å². The number of urea groups is 1. The standard InChI is InChI=1S/C13H28N2O2/c1-6-10(3)11(4)14-12(17)15-13(5,7-2)8-9-16/h10-11,16H,6-9H2,1-5H3,(H2,14,15,17). The second kappa shape index (κ2) is 7.54. The van der Waals surface area contributed by atoms with E-state index in [1.807, 2.05) is 20.8 Å². The lowest BCUT2D eigenvalue weighted by molar-refractivity contribution is 0.196. The van der Waals surface area contributed by atoms with Gasteiger partial charge in [-0.2, -0.15) is 0 Å². The number of hydrogen-bond donors (Lipinski definition) is 3. The molecule has 3 N–H and O–H groups in total. The van der Waals surface area contributed by atoms with Crippen LogP contribution in [0.5, 0.6) is 0 Å². The SMILES string of the molecule is CCC(C)C(C)NC(=O)NC(C)(CC)CCO. The Morgan fingerprint density at radius 3 is 2.35 bits per heavy atom. The van der Waals surface area contributed by atoms with Crippen LogP contribution in [0, 0.1) is 5.92 Å².